The predicted molar refractivity (Wildman–Crippen MR) is 151 cm³/mol. The van der Waals surface area contributed by atoms with Gasteiger partial charge in [0.2, 0.25) is 5.88 Å². The molecule has 3 saturated carbocycles. The maximum atomic E-state index is 13.6. The Morgan fingerprint density at radius 1 is 1.17 bits per heavy atom. The Balaban J connectivity index is 1.13. The van der Waals surface area contributed by atoms with Crippen LogP contribution in [0, 0.1) is 17.7 Å². The molecule has 3 aliphatic rings. The van der Waals surface area contributed by atoms with Gasteiger partial charge in [0.1, 0.15) is 28.8 Å². The number of fused-ring (bicyclic) bond motifs is 1. The predicted octanol–water partition coefficient (Wildman–Crippen LogP) is 5.06. The molecule has 3 aromatic rings. The van der Waals surface area contributed by atoms with Crippen LogP contribution in [-0.2, 0) is 19.7 Å². The van der Waals surface area contributed by atoms with Crippen LogP contribution in [-0.4, -0.2) is 47.2 Å². The Hall–Kier alpha value is -2.95. The molecule has 0 bridgehead atoms. The van der Waals surface area contributed by atoms with E-state index in [1.807, 2.05) is 20.0 Å². The molecule has 6 rings (SSSR count). The van der Waals surface area contributed by atoms with Gasteiger partial charge in [-0.25, -0.2) is 9.37 Å². The fourth-order valence-corrected chi connectivity index (χ4v) is 7.68. The summed E-state index contributed by atoms with van der Waals surface area (Å²) in [5.41, 5.74) is 0.487. The number of rotatable bonds is 7. The minimum absolute atomic E-state index is 0.0584. The zero-order valence-electron chi connectivity index (χ0n) is 23.6. The van der Waals surface area contributed by atoms with Crippen LogP contribution in [0.4, 0.5) is 10.1 Å². The quantitative estimate of drug-likeness (QED) is 0.357. The molecule has 3 N–H and O–H groups in total. The molecule has 2 heterocycles. The molecule has 0 aliphatic heterocycles. The van der Waals surface area contributed by atoms with Crippen molar-refractivity contribution in [2.24, 2.45) is 25.9 Å². The van der Waals surface area contributed by atoms with Gasteiger partial charge in [-0.3, -0.25) is 9.48 Å². The van der Waals surface area contributed by atoms with Gasteiger partial charge in [0.15, 0.2) is 0 Å². The molecule has 1 amide bonds. The first kappa shape index (κ1) is 28.2. The number of nitrogens with one attached hydrogen (secondary N) is 1. The molecular weight excluding hydrogens is 549 g/mol. The summed E-state index contributed by atoms with van der Waals surface area (Å²) in [4.78, 5) is 17.8. The van der Waals surface area contributed by atoms with Crippen molar-refractivity contribution in [2.75, 3.05) is 5.32 Å². The molecule has 3 atom stereocenters. The monoisotopic (exact) mass is 585 g/mol. The molecule has 3 aliphatic carbocycles. The summed E-state index contributed by atoms with van der Waals surface area (Å²) in [7, 11) is 3.60. The van der Waals surface area contributed by atoms with Crippen LogP contribution in [0.3, 0.4) is 0 Å². The van der Waals surface area contributed by atoms with Crippen molar-refractivity contribution in [3.63, 3.8) is 0 Å². The van der Waals surface area contributed by atoms with Crippen LogP contribution in [0.1, 0.15) is 86.1 Å². The van der Waals surface area contributed by atoms with E-state index in [0.717, 1.165) is 49.9 Å². The van der Waals surface area contributed by atoms with E-state index in [9.17, 15) is 19.4 Å². The number of carbonyl (C=O) groups excluding carboxylic acids is 1. The van der Waals surface area contributed by atoms with Gasteiger partial charge >= 0.3 is 0 Å². The molecular formula is C30H37ClFN5O4. The number of nitrogens with zero attached hydrogens (tertiary/aromatic N) is 4. The molecule has 0 saturated heterocycles. The minimum atomic E-state index is -1.02. The first-order chi connectivity index (χ1) is 19.5. The molecule has 3 unspecified atom stereocenters. The highest BCUT2D eigenvalue weighted by atomic mass is 35.5. The number of carbonyl (C=O) groups is 1. The largest absolute Gasteiger partial charge is 0.471 e. The maximum Gasteiger partial charge on any atom is 0.274 e. The summed E-state index contributed by atoms with van der Waals surface area (Å²) in [5.74, 6) is 0.190. The zero-order chi connectivity index (χ0) is 29.1. The lowest BCUT2D eigenvalue weighted by molar-refractivity contribution is -0.0496. The molecule has 9 nitrogen and oxygen atoms in total. The lowest BCUT2D eigenvalue weighted by Crippen LogP contribution is -2.41. The van der Waals surface area contributed by atoms with Crippen molar-refractivity contribution in [1.29, 1.82) is 0 Å². The van der Waals surface area contributed by atoms with Gasteiger partial charge in [-0.2, -0.15) is 0 Å². The van der Waals surface area contributed by atoms with Gasteiger partial charge in [0.05, 0.1) is 22.7 Å². The molecule has 0 spiro atoms. The van der Waals surface area contributed by atoms with Gasteiger partial charge in [-0.1, -0.05) is 24.4 Å². The van der Waals surface area contributed by atoms with Crippen LogP contribution in [0.15, 0.2) is 30.6 Å². The fraction of sp³-hybridized carbons (Fsp3) is 0.567. The van der Waals surface area contributed by atoms with Gasteiger partial charge < -0.3 is 24.8 Å². The van der Waals surface area contributed by atoms with Crippen molar-refractivity contribution in [3.8, 4) is 5.88 Å². The number of anilines is 1. The number of ether oxygens (including phenoxy) is 1. The van der Waals surface area contributed by atoms with E-state index >= 15 is 0 Å². The van der Waals surface area contributed by atoms with Crippen LogP contribution in [0.25, 0.3) is 0 Å². The average Bonchev–Trinajstić information content (AvgIpc) is 3.72. The number of imidazole rings is 1. The molecule has 220 valence electrons. The number of aryl methyl sites for hydroxylation is 2. The summed E-state index contributed by atoms with van der Waals surface area (Å²) in [6, 6.07) is 5.90. The number of hydrogen-bond donors (Lipinski definition) is 3. The summed E-state index contributed by atoms with van der Waals surface area (Å²) < 4.78 is 23.0. The summed E-state index contributed by atoms with van der Waals surface area (Å²) in [6.07, 6.45) is 7.53. The summed E-state index contributed by atoms with van der Waals surface area (Å²) in [5, 5.41) is 29.9. The second-order valence-corrected chi connectivity index (χ2v) is 12.8. The van der Waals surface area contributed by atoms with Gasteiger partial charge in [-0.15, -0.1) is 5.10 Å². The number of aliphatic hydroxyl groups is 2. The molecule has 0 radical (unpaired) electrons. The smallest absolute Gasteiger partial charge is 0.274 e. The Morgan fingerprint density at radius 3 is 2.51 bits per heavy atom. The third kappa shape index (κ3) is 5.15. The van der Waals surface area contributed by atoms with Crippen molar-refractivity contribution in [1.82, 2.24) is 19.3 Å². The first-order valence-corrected chi connectivity index (χ1v) is 14.8. The minimum Gasteiger partial charge on any atom is -0.471 e. The third-order valence-electron chi connectivity index (χ3n) is 9.64. The van der Waals surface area contributed by atoms with E-state index in [1.165, 1.54) is 18.2 Å². The Labute approximate surface area is 243 Å². The lowest BCUT2D eigenvalue weighted by atomic mass is 9.90. The number of benzene rings is 1. The molecule has 11 heteroatoms. The first-order valence-electron chi connectivity index (χ1n) is 14.4. The Bertz CT molecular complexity index is 1450. The van der Waals surface area contributed by atoms with E-state index in [-0.39, 0.29) is 34.8 Å². The topological polar surface area (TPSA) is 114 Å². The van der Waals surface area contributed by atoms with Gasteiger partial charge in [0, 0.05) is 31.8 Å². The van der Waals surface area contributed by atoms with Gasteiger partial charge in [0.25, 0.3) is 5.91 Å². The zero-order valence-corrected chi connectivity index (χ0v) is 24.4. The third-order valence-corrected chi connectivity index (χ3v) is 9.93. The standard InChI is InChI=1S/C30H37ClFN5O4/c1-17(29(39)8-4-5-9-29)41-25-13-24(37(3)35-25)30(40)14-19-10-18(11-20(19)15-30)26-27(36(2)16-33-26)28(38)34-21-6-7-23(32)22(31)12-21/h6-7,12-13,16-20,39-40H,4-5,8-11,14-15H2,1-3H3,(H,34,38). The molecule has 41 heavy (non-hydrogen) atoms. The van der Waals surface area contributed by atoms with Crippen molar-refractivity contribution < 1.29 is 24.1 Å². The lowest BCUT2D eigenvalue weighted by Gasteiger charge is -2.29. The van der Waals surface area contributed by atoms with Crippen LogP contribution in [0.5, 0.6) is 5.88 Å². The van der Waals surface area contributed by atoms with Crippen LogP contribution >= 0.6 is 11.6 Å². The van der Waals surface area contributed by atoms with Crippen LogP contribution < -0.4 is 10.1 Å². The van der Waals surface area contributed by atoms with Gasteiger partial charge in [-0.05, 0) is 75.5 Å². The normalized spacial score (nSPS) is 27.6. The van der Waals surface area contributed by atoms with E-state index in [4.69, 9.17) is 16.3 Å². The SMILES string of the molecule is CC(Oc1cc(C2(O)CC3CC(c4ncn(C)c4C(=O)Nc4ccc(F)c(Cl)c4)CC3C2)n(C)n1)C1(O)CCCC1. The highest BCUT2D eigenvalue weighted by Gasteiger charge is 2.52. The van der Waals surface area contributed by atoms with E-state index in [2.05, 4.69) is 15.4 Å². The Kier molecular flexibility index (Phi) is 7.15. The number of aromatic nitrogens is 4. The van der Waals surface area contributed by atoms with Crippen molar-refractivity contribution >= 4 is 23.2 Å². The van der Waals surface area contributed by atoms with Crippen molar-refractivity contribution in [3.05, 3.63) is 58.5 Å². The van der Waals surface area contributed by atoms with Crippen molar-refractivity contribution in [2.45, 2.75) is 81.5 Å². The second kappa shape index (κ2) is 10.4. The number of hydrogen-bond acceptors (Lipinski definition) is 6. The molecule has 3 fully saturated rings. The fourth-order valence-electron chi connectivity index (χ4n) is 7.50. The Morgan fingerprint density at radius 2 is 1.85 bits per heavy atom. The number of amides is 1. The summed E-state index contributed by atoms with van der Waals surface area (Å²) in [6.45, 7) is 1.88. The van der Waals surface area contributed by atoms with E-state index in [0.29, 0.717) is 30.1 Å². The van der Waals surface area contributed by atoms with E-state index in [1.54, 1.807) is 22.6 Å². The second-order valence-electron chi connectivity index (χ2n) is 12.4. The number of halogens is 2. The van der Waals surface area contributed by atoms with Crippen LogP contribution in [0.2, 0.25) is 5.02 Å². The highest BCUT2D eigenvalue weighted by Crippen LogP contribution is 2.57. The molecule has 2 aromatic heterocycles. The maximum absolute atomic E-state index is 13.6. The van der Waals surface area contributed by atoms with E-state index < -0.39 is 17.0 Å². The highest BCUT2D eigenvalue weighted by molar-refractivity contribution is 6.31. The molecule has 1 aromatic carbocycles. The summed E-state index contributed by atoms with van der Waals surface area (Å²) >= 11 is 5.89. The average molecular weight is 586 g/mol.